The molecule has 1 atom stereocenters. The number of benzene rings is 1. The molecule has 0 aliphatic heterocycles. The Bertz CT molecular complexity index is 1290. The lowest BCUT2D eigenvalue weighted by Gasteiger charge is -2.22. The number of aromatic nitrogens is 2. The summed E-state index contributed by atoms with van der Waals surface area (Å²) in [6.07, 6.45) is -1.05. The van der Waals surface area contributed by atoms with Gasteiger partial charge >= 0.3 is 6.18 Å². The van der Waals surface area contributed by atoms with Crippen LogP contribution in [-0.4, -0.2) is 29.4 Å². The lowest BCUT2D eigenvalue weighted by molar-refractivity contribution is -0.152. The Balaban J connectivity index is 1.89. The third kappa shape index (κ3) is 5.20. The molecular weight excluding hydrogens is 475 g/mol. The molecule has 2 aromatic heterocycles. The second kappa shape index (κ2) is 8.29. The van der Waals surface area contributed by atoms with Crippen LogP contribution in [0.1, 0.15) is 45.2 Å². The zero-order chi connectivity index (χ0) is 24.2. The van der Waals surface area contributed by atoms with Gasteiger partial charge in [0.25, 0.3) is 0 Å². The zero-order valence-electron chi connectivity index (χ0n) is 18.4. The molecule has 1 aromatic carbocycles. The van der Waals surface area contributed by atoms with Gasteiger partial charge in [0.2, 0.25) is 10.0 Å². The lowest BCUT2D eigenvalue weighted by atomic mass is 9.97. The monoisotopic (exact) mass is 499 g/mol. The third-order valence-electron chi connectivity index (χ3n) is 5.47. The predicted octanol–water partition coefficient (Wildman–Crippen LogP) is 6.09. The summed E-state index contributed by atoms with van der Waals surface area (Å²) in [7, 11) is -4.08. The van der Waals surface area contributed by atoms with Crippen LogP contribution in [0.5, 0.6) is 0 Å². The number of hydrogen-bond donors (Lipinski definition) is 1. The van der Waals surface area contributed by atoms with Crippen LogP contribution in [0, 0.1) is 5.41 Å². The van der Waals surface area contributed by atoms with Gasteiger partial charge in [-0.3, -0.25) is 4.98 Å². The first-order valence-corrected chi connectivity index (χ1v) is 12.5. The molecule has 0 bridgehead atoms. The Morgan fingerprint density at radius 1 is 1.21 bits per heavy atom. The normalized spacial score (nSPS) is 16.3. The number of nitrogens with zero attached hydrogens (tertiary/aromatic N) is 2. The Morgan fingerprint density at radius 3 is 2.48 bits per heavy atom. The molecule has 3 aromatic rings. The fourth-order valence-electron chi connectivity index (χ4n) is 3.88. The smallest absolute Gasteiger partial charge is 0.347 e. The van der Waals surface area contributed by atoms with Gasteiger partial charge < -0.3 is 4.57 Å². The van der Waals surface area contributed by atoms with Gasteiger partial charge in [0, 0.05) is 41.0 Å². The van der Waals surface area contributed by atoms with Crippen LogP contribution >= 0.6 is 11.6 Å². The van der Waals surface area contributed by atoms with Gasteiger partial charge in [0.05, 0.1) is 16.0 Å². The van der Waals surface area contributed by atoms with E-state index in [2.05, 4.69) is 4.98 Å². The molecule has 5 nitrogen and oxygen atoms in total. The molecule has 33 heavy (non-hydrogen) atoms. The summed E-state index contributed by atoms with van der Waals surface area (Å²) < 4.78 is 70.9. The highest BCUT2D eigenvalue weighted by Crippen LogP contribution is 2.41. The Kier molecular flexibility index (Phi) is 6.04. The second-order valence-electron chi connectivity index (χ2n) is 9.68. The van der Waals surface area contributed by atoms with Gasteiger partial charge in [-0.15, -0.1) is 0 Å². The third-order valence-corrected chi connectivity index (χ3v) is 7.69. The van der Waals surface area contributed by atoms with E-state index in [9.17, 15) is 21.6 Å². The summed E-state index contributed by atoms with van der Waals surface area (Å²) in [5.41, 5.74) is 1.38. The van der Waals surface area contributed by atoms with Crippen LogP contribution in [0.4, 0.5) is 13.2 Å². The van der Waals surface area contributed by atoms with Gasteiger partial charge in [0.1, 0.15) is 6.04 Å². The van der Waals surface area contributed by atoms with E-state index in [0.29, 0.717) is 46.6 Å². The van der Waals surface area contributed by atoms with E-state index in [0.717, 1.165) is 0 Å². The lowest BCUT2D eigenvalue weighted by Crippen LogP contribution is -2.39. The molecule has 1 aliphatic rings. The molecule has 1 N–H and O–H groups in total. The first kappa shape index (κ1) is 24.0. The molecule has 0 amide bonds. The van der Waals surface area contributed by atoms with E-state index in [1.807, 2.05) is 25.5 Å². The number of hydrogen-bond acceptors (Lipinski definition) is 3. The average molecular weight is 500 g/mol. The Labute approximate surface area is 196 Å². The molecule has 178 valence electrons. The molecule has 0 saturated heterocycles. The topological polar surface area (TPSA) is 64.0 Å². The van der Waals surface area contributed by atoms with Crippen molar-refractivity contribution in [2.75, 3.05) is 0 Å². The van der Waals surface area contributed by atoms with Crippen molar-refractivity contribution in [3.63, 3.8) is 0 Å². The summed E-state index contributed by atoms with van der Waals surface area (Å²) in [6.45, 7) is 6.38. The summed E-state index contributed by atoms with van der Waals surface area (Å²) in [6, 6.07) is 6.04. The minimum Gasteiger partial charge on any atom is -0.347 e. The summed E-state index contributed by atoms with van der Waals surface area (Å²) in [5, 5.41) is -0.00425. The van der Waals surface area contributed by atoms with Crippen molar-refractivity contribution >= 4 is 32.5 Å². The first-order valence-electron chi connectivity index (χ1n) is 10.6. The number of nitrogens with one attached hydrogen (secondary N) is 1. The zero-order valence-corrected chi connectivity index (χ0v) is 20.0. The summed E-state index contributed by atoms with van der Waals surface area (Å²) in [4.78, 5) is 4.30. The fourth-order valence-corrected chi connectivity index (χ4v) is 5.65. The summed E-state index contributed by atoms with van der Waals surface area (Å²) in [5.74, 6) is 0. The van der Waals surface area contributed by atoms with Crippen LogP contribution in [0.2, 0.25) is 5.02 Å². The van der Waals surface area contributed by atoms with Crippen molar-refractivity contribution < 1.29 is 21.6 Å². The minimum absolute atomic E-state index is 0.121. The molecule has 0 spiro atoms. The van der Waals surface area contributed by atoms with Gasteiger partial charge in [-0.25, -0.2) is 8.42 Å². The molecule has 2 heterocycles. The van der Waals surface area contributed by atoms with Gasteiger partial charge in [-0.2, -0.15) is 17.9 Å². The number of halogens is 4. The van der Waals surface area contributed by atoms with E-state index in [1.54, 1.807) is 41.1 Å². The largest absolute Gasteiger partial charge is 0.408 e. The minimum atomic E-state index is -4.80. The van der Waals surface area contributed by atoms with Gasteiger partial charge in [-0.05, 0) is 36.5 Å². The molecule has 0 radical (unpaired) electrons. The molecule has 10 heteroatoms. The first-order chi connectivity index (χ1) is 15.3. The van der Waals surface area contributed by atoms with E-state index in [1.165, 1.54) is 6.20 Å². The van der Waals surface area contributed by atoms with E-state index in [-0.39, 0.29) is 11.0 Å². The van der Waals surface area contributed by atoms with Crippen LogP contribution in [0.15, 0.2) is 42.7 Å². The van der Waals surface area contributed by atoms with Crippen LogP contribution in [0.3, 0.4) is 0 Å². The van der Waals surface area contributed by atoms with Crippen molar-refractivity contribution in [3.05, 3.63) is 53.3 Å². The SMILES string of the molecule is CC(C)(C)Cn1cc([C@H](NS(=O)(=O)C2CC2)C(F)(F)F)c2ccc(-c3ncccc3Cl)cc21. The standard InChI is InChI=1S/C23H25ClF3N3O2S/c1-22(2,3)13-30-12-17(21(23(25,26)27)29-33(31,32)15-7-8-15)16-9-6-14(11-19(16)30)20-18(24)5-4-10-28-20/h4-6,9-12,15,21,29H,7-8,13H2,1-3H3/t21-/m0/s1. The van der Waals surface area contributed by atoms with E-state index in [4.69, 9.17) is 11.6 Å². The number of fused-ring (bicyclic) bond motifs is 1. The van der Waals surface area contributed by atoms with Crippen molar-refractivity contribution in [2.24, 2.45) is 5.41 Å². The van der Waals surface area contributed by atoms with E-state index < -0.39 is 27.5 Å². The summed E-state index contributed by atoms with van der Waals surface area (Å²) >= 11 is 6.29. The van der Waals surface area contributed by atoms with Gasteiger partial charge in [-0.1, -0.05) is 44.5 Å². The molecule has 1 aliphatic carbocycles. The maximum atomic E-state index is 14.1. The van der Waals surface area contributed by atoms with Crippen LogP contribution < -0.4 is 4.72 Å². The number of rotatable bonds is 6. The van der Waals surface area contributed by atoms with Crippen molar-refractivity contribution in [1.29, 1.82) is 0 Å². The number of alkyl halides is 3. The molecule has 1 fully saturated rings. The quantitative estimate of drug-likeness (QED) is 0.446. The van der Waals surface area contributed by atoms with Crippen molar-refractivity contribution in [2.45, 2.75) is 57.6 Å². The molecular formula is C23H25ClF3N3O2S. The number of sulfonamides is 1. The second-order valence-corrected chi connectivity index (χ2v) is 12.1. The molecule has 0 unspecified atom stereocenters. The Morgan fingerprint density at radius 2 is 1.91 bits per heavy atom. The van der Waals surface area contributed by atoms with Crippen LogP contribution in [0.25, 0.3) is 22.2 Å². The maximum Gasteiger partial charge on any atom is 0.408 e. The molecule has 4 rings (SSSR count). The maximum absolute atomic E-state index is 14.1. The Hall–Kier alpha value is -2.10. The fraction of sp³-hybridized carbons (Fsp3) is 0.435. The highest BCUT2D eigenvalue weighted by Gasteiger charge is 2.47. The average Bonchev–Trinajstić information content (AvgIpc) is 3.50. The van der Waals surface area contributed by atoms with Crippen LogP contribution in [-0.2, 0) is 16.6 Å². The molecule has 1 saturated carbocycles. The van der Waals surface area contributed by atoms with Gasteiger partial charge in [0.15, 0.2) is 0 Å². The number of pyridine rings is 1. The van der Waals surface area contributed by atoms with Crippen molar-refractivity contribution in [3.8, 4) is 11.3 Å². The predicted molar refractivity (Wildman–Crippen MR) is 124 cm³/mol. The van der Waals surface area contributed by atoms with Crippen molar-refractivity contribution in [1.82, 2.24) is 14.3 Å². The highest BCUT2D eigenvalue weighted by atomic mass is 35.5. The highest BCUT2D eigenvalue weighted by molar-refractivity contribution is 7.90. The van der Waals surface area contributed by atoms with E-state index >= 15 is 0 Å².